The Morgan fingerprint density at radius 3 is 1.42 bits per heavy atom. The van der Waals surface area contributed by atoms with Crippen LogP contribution in [0.3, 0.4) is 0 Å². The molecule has 3 heteroatoms. The molecule has 0 spiro atoms. The maximum Gasteiger partial charge on any atom is 0.143 e. The van der Waals surface area contributed by atoms with Crippen LogP contribution in [0.4, 0.5) is 0 Å². The van der Waals surface area contributed by atoms with E-state index in [-0.39, 0.29) is 0 Å². The molecular formula is C42H26N2O. The summed E-state index contributed by atoms with van der Waals surface area (Å²) in [5.74, 6) is 0. The minimum atomic E-state index is 0.889. The van der Waals surface area contributed by atoms with E-state index in [4.69, 9.17) is 4.42 Å². The highest BCUT2D eigenvalue weighted by Gasteiger charge is 2.17. The van der Waals surface area contributed by atoms with E-state index >= 15 is 0 Å². The lowest BCUT2D eigenvalue weighted by Crippen LogP contribution is -1.94. The second kappa shape index (κ2) is 9.22. The van der Waals surface area contributed by atoms with Crippen LogP contribution in [0.1, 0.15) is 0 Å². The van der Waals surface area contributed by atoms with E-state index in [1.807, 2.05) is 0 Å². The van der Waals surface area contributed by atoms with Crippen LogP contribution >= 0.6 is 0 Å². The Labute approximate surface area is 258 Å². The van der Waals surface area contributed by atoms with E-state index < -0.39 is 0 Å². The first kappa shape index (κ1) is 24.4. The van der Waals surface area contributed by atoms with E-state index in [2.05, 4.69) is 167 Å². The molecule has 3 nitrogen and oxygen atoms in total. The largest absolute Gasteiger partial charge is 0.455 e. The van der Waals surface area contributed by atoms with Crippen LogP contribution in [0.2, 0.25) is 0 Å². The Bertz CT molecular complexity index is 2670. The van der Waals surface area contributed by atoms with Gasteiger partial charge in [0.2, 0.25) is 0 Å². The van der Waals surface area contributed by atoms with Gasteiger partial charge < -0.3 is 13.6 Å². The van der Waals surface area contributed by atoms with E-state index in [0.29, 0.717) is 0 Å². The normalized spacial score (nSPS) is 12.0. The summed E-state index contributed by atoms with van der Waals surface area (Å²) < 4.78 is 11.4. The lowest BCUT2D eigenvalue weighted by Gasteiger charge is -2.10. The monoisotopic (exact) mass is 574 g/mol. The number of fused-ring (bicyclic) bond motifs is 9. The van der Waals surface area contributed by atoms with Crippen molar-refractivity contribution >= 4 is 65.6 Å². The molecule has 0 saturated heterocycles. The number of rotatable bonds is 3. The Morgan fingerprint density at radius 2 is 0.844 bits per heavy atom. The number of hydrogen-bond donors (Lipinski definition) is 0. The fourth-order valence-electron chi connectivity index (χ4n) is 7.37. The molecule has 0 N–H and O–H groups in total. The molecule has 7 aromatic carbocycles. The van der Waals surface area contributed by atoms with Crippen molar-refractivity contribution in [3.05, 3.63) is 158 Å². The summed E-state index contributed by atoms with van der Waals surface area (Å²) >= 11 is 0. The second-order valence-corrected chi connectivity index (χ2v) is 11.8. The van der Waals surface area contributed by atoms with Gasteiger partial charge in [0.05, 0.1) is 22.1 Å². The van der Waals surface area contributed by atoms with Crippen molar-refractivity contribution in [2.24, 2.45) is 0 Å². The molecule has 0 aliphatic carbocycles. The maximum atomic E-state index is 6.64. The summed E-state index contributed by atoms with van der Waals surface area (Å²) in [6, 6.07) is 56.4. The van der Waals surface area contributed by atoms with Gasteiger partial charge in [0.15, 0.2) is 0 Å². The quantitative estimate of drug-likeness (QED) is 0.206. The Kier molecular flexibility index (Phi) is 5.00. The van der Waals surface area contributed by atoms with Crippen LogP contribution in [-0.4, -0.2) is 9.13 Å². The van der Waals surface area contributed by atoms with Crippen LogP contribution in [0.15, 0.2) is 162 Å². The zero-order valence-corrected chi connectivity index (χ0v) is 24.3. The molecule has 0 atom stereocenters. The molecule has 210 valence electrons. The molecule has 0 amide bonds. The van der Waals surface area contributed by atoms with Gasteiger partial charge in [0.1, 0.15) is 11.2 Å². The number of benzene rings is 7. The van der Waals surface area contributed by atoms with Crippen molar-refractivity contribution < 1.29 is 4.42 Å². The predicted octanol–water partition coefficient (Wildman–Crippen LogP) is 11.4. The molecule has 3 aromatic heterocycles. The smallest absolute Gasteiger partial charge is 0.143 e. The van der Waals surface area contributed by atoms with Crippen LogP contribution < -0.4 is 0 Å². The third-order valence-electron chi connectivity index (χ3n) is 9.31. The van der Waals surface area contributed by atoms with Crippen LogP contribution in [0, 0.1) is 0 Å². The van der Waals surface area contributed by atoms with Crippen molar-refractivity contribution in [2.75, 3.05) is 0 Å². The van der Waals surface area contributed by atoms with Gasteiger partial charge in [0.25, 0.3) is 0 Å². The Morgan fingerprint density at radius 1 is 0.356 bits per heavy atom. The Hall–Kier alpha value is -6.06. The fraction of sp³-hybridized carbons (Fsp3) is 0. The molecule has 0 bridgehead atoms. The SMILES string of the molecule is c1cc(-c2cccc3c2oc2ccc(-n4c5ccccc5c5ccccc54)cc23)cc(-n2c3ccccc3c3ccccc32)c1. The van der Waals surface area contributed by atoms with E-state index in [1.54, 1.807) is 0 Å². The van der Waals surface area contributed by atoms with Crippen molar-refractivity contribution in [1.82, 2.24) is 9.13 Å². The average Bonchev–Trinajstić information content (AvgIpc) is 3.76. The number of furan rings is 1. The zero-order chi connectivity index (χ0) is 29.5. The van der Waals surface area contributed by atoms with Gasteiger partial charge in [0, 0.05) is 49.3 Å². The molecule has 3 heterocycles. The minimum absolute atomic E-state index is 0.889. The van der Waals surface area contributed by atoms with Crippen molar-refractivity contribution in [3.8, 4) is 22.5 Å². The van der Waals surface area contributed by atoms with Gasteiger partial charge in [-0.15, -0.1) is 0 Å². The highest BCUT2D eigenvalue weighted by molar-refractivity contribution is 6.13. The highest BCUT2D eigenvalue weighted by atomic mass is 16.3. The number of hydrogen-bond acceptors (Lipinski definition) is 1. The maximum absolute atomic E-state index is 6.64. The molecule has 0 radical (unpaired) electrons. The standard InChI is InChI=1S/C42H26N2O/c1-5-19-37-31(13-1)32-14-2-6-20-38(32)43(37)28-12-9-11-27(25-28)30-17-10-18-35-36-26-29(23-24-41(36)45-42(30)35)44-39-21-7-3-15-33(39)34-16-4-8-22-40(34)44/h1-26H. The Balaban J connectivity index is 1.17. The average molecular weight is 575 g/mol. The molecule has 45 heavy (non-hydrogen) atoms. The molecule has 10 rings (SSSR count). The fourth-order valence-corrected chi connectivity index (χ4v) is 7.37. The summed E-state index contributed by atoms with van der Waals surface area (Å²) in [5, 5.41) is 7.28. The molecule has 10 aromatic rings. The predicted molar refractivity (Wildman–Crippen MR) is 188 cm³/mol. The summed E-state index contributed by atoms with van der Waals surface area (Å²) in [7, 11) is 0. The van der Waals surface area contributed by atoms with Gasteiger partial charge in [-0.25, -0.2) is 0 Å². The third kappa shape index (κ3) is 3.46. The van der Waals surface area contributed by atoms with Crippen molar-refractivity contribution in [3.63, 3.8) is 0 Å². The van der Waals surface area contributed by atoms with Crippen LogP contribution in [-0.2, 0) is 0 Å². The summed E-state index contributed by atoms with van der Waals surface area (Å²) in [5.41, 5.74) is 11.1. The van der Waals surface area contributed by atoms with Gasteiger partial charge in [-0.1, -0.05) is 103 Å². The first-order valence-corrected chi connectivity index (χ1v) is 15.4. The zero-order valence-electron chi connectivity index (χ0n) is 24.3. The molecule has 0 unspecified atom stereocenters. The van der Waals surface area contributed by atoms with Crippen LogP contribution in [0.5, 0.6) is 0 Å². The first-order valence-electron chi connectivity index (χ1n) is 15.4. The van der Waals surface area contributed by atoms with Gasteiger partial charge in [-0.3, -0.25) is 0 Å². The summed E-state index contributed by atoms with van der Waals surface area (Å²) in [4.78, 5) is 0. The lowest BCUT2D eigenvalue weighted by molar-refractivity contribution is 0.670. The van der Waals surface area contributed by atoms with Gasteiger partial charge in [-0.05, 0) is 60.2 Å². The van der Waals surface area contributed by atoms with Crippen molar-refractivity contribution in [2.45, 2.75) is 0 Å². The summed E-state index contributed by atoms with van der Waals surface area (Å²) in [6.45, 7) is 0. The summed E-state index contributed by atoms with van der Waals surface area (Å²) in [6.07, 6.45) is 0. The van der Waals surface area contributed by atoms with E-state index in [1.165, 1.54) is 43.6 Å². The third-order valence-corrected chi connectivity index (χ3v) is 9.31. The van der Waals surface area contributed by atoms with E-state index in [9.17, 15) is 0 Å². The van der Waals surface area contributed by atoms with Crippen LogP contribution in [0.25, 0.3) is 88.1 Å². The number of aromatic nitrogens is 2. The first-order chi connectivity index (χ1) is 22.3. The number of nitrogens with zero attached hydrogens (tertiary/aromatic N) is 2. The van der Waals surface area contributed by atoms with E-state index in [0.717, 1.165) is 44.4 Å². The molecular weight excluding hydrogens is 548 g/mol. The van der Waals surface area contributed by atoms with Gasteiger partial charge >= 0.3 is 0 Å². The number of para-hydroxylation sites is 5. The topological polar surface area (TPSA) is 23.0 Å². The van der Waals surface area contributed by atoms with Gasteiger partial charge in [-0.2, -0.15) is 0 Å². The molecule has 0 fully saturated rings. The lowest BCUT2D eigenvalue weighted by atomic mass is 10.0. The molecule has 0 saturated carbocycles. The molecule has 0 aliphatic heterocycles. The second-order valence-electron chi connectivity index (χ2n) is 11.8. The molecule has 0 aliphatic rings. The minimum Gasteiger partial charge on any atom is -0.455 e. The van der Waals surface area contributed by atoms with Crippen molar-refractivity contribution in [1.29, 1.82) is 0 Å². The highest BCUT2D eigenvalue weighted by Crippen LogP contribution is 2.40.